The van der Waals surface area contributed by atoms with E-state index in [0.717, 1.165) is 5.56 Å². The fourth-order valence-corrected chi connectivity index (χ4v) is 5.80. The Morgan fingerprint density at radius 2 is 1.61 bits per heavy atom. The first-order valence-electron chi connectivity index (χ1n) is 11.9. The minimum absolute atomic E-state index is 0.0347. The SMILES string of the molecule is NC(N)=NCCCCNC(=O)CN1CCN(S(=O)(=O)Cc2ccccc2)C(Cc2ccccc2)C1=O. The summed E-state index contributed by atoms with van der Waals surface area (Å²) < 4.78 is 28.0. The van der Waals surface area contributed by atoms with Gasteiger partial charge in [-0.3, -0.25) is 14.6 Å². The summed E-state index contributed by atoms with van der Waals surface area (Å²) in [4.78, 5) is 31.3. The van der Waals surface area contributed by atoms with E-state index in [1.165, 1.54) is 9.21 Å². The summed E-state index contributed by atoms with van der Waals surface area (Å²) >= 11 is 0. The highest BCUT2D eigenvalue weighted by Crippen LogP contribution is 2.22. The Morgan fingerprint density at radius 3 is 2.25 bits per heavy atom. The quantitative estimate of drug-likeness (QED) is 0.212. The molecule has 1 unspecified atom stereocenters. The average Bonchev–Trinajstić information content (AvgIpc) is 2.84. The van der Waals surface area contributed by atoms with Crippen LogP contribution in [0.15, 0.2) is 65.7 Å². The molecule has 0 saturated carbocycles. The van der Waals surface area contributed by atoms with E-state index in [9.17, 15) is 18.0 Å². The third-order valence-electron chi connectivity index (χ3n) is 5.89. The Morgan fingerprint density at radius 1 is 0.972 bits per heavy atom. The van der Waals surface area contributed by atoms with Crippen LogP contribution >= 0.6 is 0 Å². The van der Waals surface area contributed by atoms with Crippen LogP contribution in [0.2, 0.25) is 0 Å². The van der Waals surface area contributed by atoms with Gasteiger partial charge in [0.2, 0.25) is 21.8 Å². The number of piperazine rings is 1. The van der Waals surface area contributed by atoms with E-state index < -0.39 is 16.1 Å². The molecule has 1 heterocycles. The fraction of sp³-hybridized carbons (Fsp3) is 0.400. The smallest absolute Gasteiger partial charge is 0.241 e. The zero-order valence-corrected chi connectivity index (χ0v) is 21.1. The number of nitrogens with two attached hydrogens (primary N) is 2. The van der Waals surface area contributed by atoms with Crippen LogP contribution in [0.4, 0.5) is 0 Å². The Balaban J connectivity index is 1.66. The van der Waals surface area contributed by atoms with Crippen molar-refractivity contribution in [2.24, 2.45) is 16.5 Å². The van der Waals surface area contributed by atoms with E-state index in [2.05, 4.69) is 10.3 Å². The van der Waals surface area contributed by atoms with Crippen molar-refractivity contribution >= 4 is 27.8 Å². The van der Waals surface area contributed by atoms with Crippen LogP contribution < -0.4 is 16.8 Å². The van der Waals surface area contributed by atoms with Gasteiger partial charge in [0.25, 0.3) is 0 Å². The van der Waals surface area contributed by atoms with Crippen LogP contribution in [0.5, 0.6) is 0 Å². The van der Waals surface area contributed by atoms with E-state index >= 15 is 0 Å². The molecular formula is C25H34N6O4S. The van der Waals surface area contributed by atoms with Gasteiger partial charge in [0.15, 0.2) is 5.96 Å². The van der Waals surface area contributed by atoms with Gasteiger partial charge < -0.3 is 21.7 Å². The molecule has 2 amide bonds. The molecular weight excluding hydrogens is 480 g/mol. The van der Waals surface area contributed by atoms with E-state index in [1.54, 1.807) is 24.3 Å². The standard InChI is InChI=1S/C25H34N6O4S/c26-25(27)29-14-8-7-13-28-23(32)18-30-15-16-31(36(34,35)19-21-11-5-2-6-12-21)22(24(30)33)17-20-9-3-1-4-10-20/h1-6,9-12,22H,7-8,13-19H2,(H,28,32)(H4,26,27,29). The Labute approximate surface area is 212 Å². The van der Waals surface area contributed by atoms with Crippen molar-refractivity contribution in [3.8, 4) is 0 Å². The van der Waals surface area contributed by atoms with Gasteiger partial charge in [-0.25, -0.2) is 8.42 Å². The molecule has 36 heavy (non-hydrogen) atoms. The summed E-state index contributed by atoms with van der Waals surface area (Å²) in [7, 11) is -3.76. The molecule has 5 N–H and O–H groups in total. The minimum Gasteiger partial charge on any atom is -0.370 e. The van der Waals surface area contributed by atoms with Gasteiger partial charge in [0.1, 0.15) is 6.04 Å². The minimum atomic E-state index is -3.76. The number of rotatable bonds is 12. The number of unbranched alkanes of at least 4 members (excludes halogenated alkanes) is 1. The molecule has 1 aliphatic rings. The number of nitrogens with one attached hydrogen (secondary N) is 1. The molecule has 0 aromatic heterocycles. The maximum Gasteiger partial charge on any atom is 0.241 e. The van der Waals surface area contributed by atoms with Crippen LogP contribution in [0.3, 0.4) is 0 Å². The summed E-state index contributed by atoms with van der Waals surface area (Å²) in [5.41, 5.74) is 12.1. The molecule has 2 aromatic carbocycles. The first-order valence-corrected chi connectivity index (χ1v) is 13.6. The van der Waals surface area contributed by atoms with Crippen molar-refractivity contribution in [1.82, 2.24) is 14.5 Å². The van der Waals surface area contributed by atoms with Gasteiger partial charge >= 0.3 is 0 Å². The molecule has 0 aliphatic carbocycles. The fourth-order valence-electron chi connectivity index (χ4n) is 4.11. The van der Waals surface area contributed by atoms with E-state index in [4.69, 9.17) is 11.5 Å². The Kier molecular flexibility index (Phi) is 9.83. The van der Waals surface area contributed by atoms with Crippen molar-refractivity contribution in [1.29, 1.82) is 0 Å². The summed E-state index contributed by atoms with van der Waals surface area (Å²) in [5, 5.41) is 2.80. The first kappa shape index (κ1) is 27.2. The summed E-state index contributed by atoms with van der Waals surface area (Å²) in [6, 6.07) is 17.3. The normalized spacial score (nSPS) is 16.5. The largest absolute Gasteiger partial charge is 0.370 e. The van der Waals surface area contributed by atoms with Crippen LogP contribution in [0.1, 0.15) is 24.0 Å². The lowest BCUT2D eigenvalue weighted by Gasteiger charge is -2.39. The molecule has 0 spiro atoms. The predicted octanol–water partition coefficient (Wildman–Crippen LogP) is 0.442. The van der Waals surface area contributed by atoms with E-state index in [0.29, 0.717) is 31.5 Å². The molecule has 3 rings (SSSR count). The van der Waals surface area contributed by atoms with Gasteiger partial charge in [-0.2, -0.15) is 4.31 Å². The number of amides is 2. The topological polar surface area (TPSA) is 151 Å². The van der Waals surface area contributed by atoms with E-state index in [-0.39, 0.29) is 49.6 Å². The molecule has 194 valence electrons. The number of hydrogen-bond donors (Lipinski definition) is 3. The van der Waals surface area contributed by atoms with Gasteiger partial charge in [-0.15, -0.1) is 0 Å². The van der Waals surface area contributed by atoms with Crippen molar-refractivity contribution in [3.05, 3.63) is 71.8 Å². The number of hydrogen-bond acceptors (Lipinski definition) is 5. The Hall–Kier alpha value is -3.44. The van der Waals surface area contributed by atoms with Crippen LogP contribution in [-0.4, -0.2) is 74.2 Å². The number of carbonyl (C=O) groups is 2. The molecule has 2 aromatic rings. The molecule has 1 fully saturated rings. The van der Waals surface area contributed by atoms with Crippen LogP contribution in [0.25, 0.3) is 0 Å². The van der Waals surface area contributed by atoms with Crippen molar-refractivity contribution in [3.63, 3.8) is 0 Å². The second kappa shape index (κ2) is 13.0. The zero-order chi connectivity index (χ0) is 26.0. The number of carbonyl (C=O) groups excluding carboxylic acids is 2. The molecule has 1 aliphatic heterocycles. The highest BCUT2D eigenvalue weighted by molar-refractivity contribution is 7.88. The number of benzene rings is 2. The molecule has 0 radical (unpaired) electrons. The first-order chi connectivity index (χ1) is 17.3. The lowest BCUT2D eigenvalue weighted by Crippen LogP contribution is -2.60. The number of guanidine groups is 1. The number of sulfonamides is 1. The van der Waals surface area contributed by atoms with Crippen LogP contribution in [0, 0.1) is 0 Å². The third kappa shape index (κ3) is 8.06. The summed E-state index contributed by atoms with van der Waals surface area (Å²) in [6.45, 7) is 1.08. The van der Waals surface area contributed by atoms with Gasteiger partial charge in [-0.05, 0) is 30.4 Å². The van der Waals surface area contributed by atoms with Gasteiger partial charge in [-0.1, -0.05) is 60.7 Å². The monoisotopic (exact) mass is 514 g/mol. The van der Waals surface area contributed by atoms with E-state index in [1.807, 2.05) is 36.4 Å². The molecule has 10 nitrogen and oxygen atoms in total. The summed E-state index contributed by atoms with van der Waals surface area (Å²) in [6.07, 6.45) is 1.64. The van der Waals surface area contributed by atoms with Gasteiger partial charge in [0.05, 0.1) is 12.3 Å². The summed E-state index contributed by atoms with van der Waals surface area (Å²) in [5.74, 6) is -0.811. The zero-order valence-electron chi connectivity index (χ0n) is 20.3. The maximum atomic E-state index is 13.5. The molecule has 11 heteroatoms. The number of nitrogens with zero attached hydrogens (tertiary/aromatic N) is 3. The molecule has 1 saturated heterocycles. The van der Waals surface area contributed by atoms with Crippen molar-refractivity contribution in [2.75, 3.05) is 32.7 Å². The second-order valence-corrected chi connectivity index (χ2v) is 10.6. The Bertz CT molecular complexity index is 1140. The molecule has 1 atom stereocenters. The lowest BCUT2D eigenvalue weighted by atomic mass is 10.0. The average molecular weight is 515 g/mol. The maximum absolute atomic E-state index is 13.5. The van der Waals surface area contributed by atoms with Crippen LogP contribution in [-0.2, 0) is 31.8 Å². The van der Waals surface area contributed by atoms with Crippen molar-refractivity contribution < 1.29 is 18.0 Å². The van der Waals surface area contributed by atoms with Crippen molar-refractivity contribution in [2.45, 2.75) is 31.1 Å². The third-order valence-corrected chi connectivity index (χ3v) is 7.74. The highest BCUT2D eigenvalue weighted by atomic mass is 32.2. The molecule has 0 bridgehead atoms. The second-order valence-electron chi connectivity index (χ2n) is 8.68. The highest BCUT2D eigenvalue weighted by Gasteiger charge is 2.41. The van der Waals surface area contributed by atoms with Gasteiger partial charge in [0, 0.05) is 26.2 Å². The lowest BCUT2D eigenvalue weighted by molar-refractivity contribution is -0.142. The predicted molar refractivity (Wildman–Crippen MR) is 139 cm³/mol. The number of aliphatic imine (C=N–C) groups is 1.